The number of methoxy groups -OCH3 is 1. The van der Waals surface area contributed by atoms with Gasteiger partial charge in [0.25, 0.3) is 0 Å². The lowest BCUT2D eigenvalue weighted by atomic mass is 10.0. The first-order valence-corrected chi connectivity index (χ1v) is 6.78. The zero-order chi connectivity index (χ0) is 12.3. The van der Waals surface area contributed by atoms with Crippen LogP contribution < -0.4 is 5.32 Å². The van der Waals surface area contributed by atoms with Crippen molar-refractivity contribution >= 4 is 5.97 Å². The first-order chi connectivity index (χ1) is 8.22. The lowest BCUT2D eigenvalue weighted by Gasteiger charge is -2.33. The van der Waals surface area contributed by atoms with E-state index in [0.717, 1.165) is 13.1 Å². The van der Waals surface area contributed by atoms with E-state index < -0.39 is 0 Å². The maximum Gasteiger partial charge on any atom is 0.307 e. The van der Waals surface area contributed by atoms with Crippen molar-refractivity contribution in [3.63, 3.8) is 0 Å². The molecule has 1 N–H and O–H groups in total. The topological polar surface area (TPSA) is 41.6 Å². The highest BCUT2D eigenvalue weighted by molar-refractivity contribution is 5.69. The van der Waals surface area contributed by atoms with Crippen molar-refractivity contribution in [3.8, 4) is 0 Å². The smallest absolute Gasteiger partial charge is 0.307 e. The molecule has 2 fully saturated rings. The number of nitrogens with zero attached hydrogens (tertiary/aromatic N) is 1. The summed E-state index contributed by atoms with van der Waals surface area (Å²) in [7, 11) is 1.47. The largest absolute Gasteiger partial charge is 0.469 e. The fourth-order valence-corrected chi connectivity index (χ4v) is 3.28. The maximum atomic E-state index is 11.3. The summed E-state index contributed by atoms with van der Waals surface area (Å²) in [6.07, 6.45) is 5.61. The van der Waals surface area contributed by atoms with E-state index in [1.54, 1.807) is 0 Å². The zero-order valence-electron chi connectivity index (χ0n) is 10.9. The molecule has 0 aromatic heterocycles. The molecule has 2 heterocycles. The van der Waals surface area contributed by atoms with Crippen LogP contribution in [0.2, 0.25) is 0 Å². The number of rotatable bonds is 4. The Labute approximate surface area is 104 Å². The van der Waals surface area contributed by atoms with E-state index in [0.29, 0.717) is 24.5 Å². The van der Waals surface area contributed by atoms with Crippen molar-refractivity contribution in [1.82, 2.24) is 10.2 Å². The second kappa shape index (κ2) is 5.83. The van der Waals surface area contributed by atoms with Crippen molar-refractivity contribution in [3.05, 3.63) is 0 Å². The minimum Gasteiger partial charge on any atom is -0.469 e. The van der Waals surface area contributed by atoms with Gasteiger partial charge in [-0.3, -0.25) is 9.69 Å². The van der Waals surface area contributed by atoms with Gasteiger partial charge in [-0.1, -0.05) is 0 Å². The summed E-state index contributed by atoms with van der Waals surface area (Å²) >= 11 is 0. The Morgan fingerprint density at radius 3 is 2.94 bits per heavy atom. The molecule has 0 aromatic rings. The van der Waals surface area contributed by atoms with Gasteiger partial charge in [0, 0.05) is 18.1 Å². The predicted octanol–water partition coefficient (Wildman–Crippen LogP) is 1.15. The van der Waals surface area contributed by atoms with Crippen LogP contribution in [0.25, 0.3) is 0 Å². The Balaban J connectivity index is 1.91. The molecule has 4 heteroatoms. The molecule has 17 heavy (non-hydrogen) atoms. The number of nitrogens with one attached hydrogen (secondary N) is 1. The second-order valence-electron chi connectivity index (χ2n) is 5.28. The summed E-state index contributed by atoms with van der Waals surface area (Å²) in [5.74, 6) is -0.0949. The molecule has 3 atom stereocenters. The van der Waals surface area contributed by atoms with Gasteiger partial charge < -0.3 is 10.1 Å². The first kappa shape index (κ1) is 12.8. The molecular formula is C13H24N2O2. The average molecular weight is 240 g/mol. The average Bonchev–Trinajstić information content (AvgIpc) is 2.98. The molecule has 0 saturated carbocycles. The molecular weight excluding hydrogens is 216 g/mol. The van der Waals surface area contributed by atoms with Crippen LogP contribution in [0.4, 0.5) is 0 Å². The molecule has 2 rings (SSSR count). The van der Waals surface area contributed by atoms with Crippen LogP contribution in [-0.4, -0.2) is 49.2 Å². The number of carbonyl (C=O) groups excluding carboxylic acids is 1. The number of carbonyl (C=O) groups is 1. The van der Waals surface area contributed by atoms with E-state index in [2.05, 4.69) is 17.1 Å². The molecule has 0 aliphatic carbocycles. The van der Waals surface area contributed by atoms with Gasteiger partial charge in [-0.2, -0.15) is 0 Å². The minimum absolute atomic E-state index is 0.0949. The van der Waals surface area contributed by atoms with Crippen molar-refractivity contribution in [2.45, 2.75) is 57.2 Å². The Hall–Kier alpha value is -0.610. The Morgan fingerprint density at radius 1 is 1.47 bits per heavy atom. The fraction of sp³-hybridized carbons (Fsp3) is 0.923. The van der Waals surface area contributed by atoms with Crippen LogP contribution in [-0.2, 0) is 9.53 Å². The summed E-state index contributed by atoms with van der Waals surface area (Å²) in [6.45, 7) is 4.42. The SMILES string of the molecule is COC(=O)CC(C)N1CCCC1C1CCCN1. The normalized spacial score (nSPS) is 31.6. The van der Waals surface area contributed by atoms with Gasteiger partial charge >= 0.3 is 5.97 Å². The van der Waals surface area contributed by atoms with Gasteiger partial charge in [-0.05, 0) is 45.7 Å². The van der Waals surface area contributed by atoms with E-state index in [1.165, 1.54) is 32.8 Å². The Morgan fingerprint density at radius 2 is 2.29 bits per heavy atom. The fourth-order valence-electron chi connectivity index (χ4n) is 3.28. The molecule has 0 radical (unpaired) electrons. The van der Waals surface area contributed by atoms with Crippen molar-refractivity contribution in [1.29, 1.82) is 0 Å². The minimum atomic E-state index is -0.0949. The van der Waals surface area contributed by atoms with Gasteiger partial charge in [0.15, 0.2) is 0 Å². The van der Waals surface area contributed by atoms with Crippen LogP contribution in [0, 0.1) is 0 Å². The molecule has 2 aliphatic rings. The predicted molar refractivity (Wildman–Crippen MR) is 66.8 cm³/mol. The molecule has 2 saturated heterocycles. The van der Waals surface area contributed by atoms with Crippen LogP contribution in [0.3, 0.4) is 0 Å². The van der Waals surface area contributed by atoms with E-state index in [9.17, 15) is 4.79 Å². The van der Waals surface area contributed by atoms with Crippen LogP contribution in [0.5, 0.6) is 0 Å². The van der Waals surface area contributed by atoms with E-state index >= 15 is 0 Å². The quantitative estimate of drug-likeness (QED) is 0.749. The van der Waals surface area contributed by atoms with Crippen LogP contribution in [0.15, 0.2) is 0 Å². The van der Waals surface area contributed by atoms with Crippen molar-refractivity contribution < 1.29 is 9.53 Å². The monoisotopic (exact) mass is 240 g/mol. The summed E-state index contributed by atoms with van der Waals surface area (Å²) in [5.41, 5.74) is 0. The molecule has 0 spiro atoms. The molecule has 3 unspecified atom stereocenters. The molecule has 0 aromatic carbocycles. The van der Waals surface area contributed by atoms with E-state index in [1.807, 2.05) is 0 Å². The highest BCUT2D eigenvalue weighted by Crippen LogP contribution is 2.27. The molecule has 4 nitrogen and oxygen atoms in total. The van der Waals surface area contributed by atoms with Crippen molar-refractivity contribution in [2.75, 3.05) is 20.2 Å². The van der Waals surface area contributed by atoms with Gasteiger partial charge in [0.2, 0.25) is 0 Å². The molecule has 2 aliphatic heterocycles. The molecule has 0 amide bonds. The van der Waals surface area contributed by atoms with Gasteiger partial charge in [0.1, 0.15) is 0 Å². The van der Waals surface area contributed by atoms with Crippen LogP contribution in [0.1, 0.15) is 39.0 Å². The maximum absolute atomic E-state index is 11.3. The third-order valence-corrected chi connectivity index (χ3v) is 4.16. The summed E-state index contributed by atoms with van der Waals surface area (Å²) in [4.78, 5) is 13.8. The van der Waals surface area contributed by atoms with Gasteiger partial charge in [-0.25, -0.2) is 0 Å². The third-order valence-electron chi connectivity index (χ3n) is 4.16. The van der Waals surface area contributed by atoms with E-state index in [4.69, 9.17) is 4.74 Å². The zero-order valence-corrected chi connectivity index (χ0v) is 10.9. The summed E-state index contributed by atoms with van der Waals surface area (Å²) in [6, 6.07) is 1.56. The third kappa shape index (κ3) is 2.99. The molecule has 0 bridgehead atoms. The van der Waals surface area contributed by atoms with Gasteiger partial charge in [0.05, 0.1) is 13.5 Å². The highest BCUT2D eigenvalue weighted by atomic mass is 16.5. The van der Waals surface area contributed by atoms with Crippen LogP contribution >= 0.6 is 0 Å². The van der Waals surface area contributed by atoms with Gasteiger partial charge in [-0.15, -0.1) is 0 Å². The van der Waals surface area contributed by atoms with E-state index in [-0.39, 0.29) is 5.97 Å². The lowest BCUT2D eigenvalue weighted by Crippen LogP contribution is -2.48. The molecule has 98 valence electrons. The number of ether oxygens (including phenoxy) is 1. The van der Waals surface area contributed by atoms with Crippen molar-refractivity contribution in [2.24, 2.45) is 0 Å². The number of hydrogen-bond acceptors (Lipinski definition) is 4. The Kier molecular flexibility index (Phi) is 4.40. The number of hydrogen-bond donors (Lipinski definition) is 1. The Bertz CT molecular complexity index is 264. The highest BCUT2D eigenvalue weighted by Gasteiger charge is 2.35. The standard InChI is InChI=1S/C13H24N2O2/c1-10(9-13(16)17-2)15-8-4-6-12(15)11-5-3-7-14-11/h10-12,14H,3-9H2,1-2H3. The summed E-state index contributed by atoms with van der Waals surface area (Å²) < 4.78 is 4.76. The second-order valence-corrected chi connectivity index (χ2v) is 5.28. The summed E-state index contributed by atoms with van der Waals surface area (Å²) in [5, 5.41) is 3.59. The number of likely N-dealkylation sites (tertiary alicyclic amines) is 1. The first-order valence-electron chi connectivity index (χ1n) is 6.78. The number of esters is 1. The lowest BCUT2D eigenvalue weighted by molar-refractivity contribution is -0.142.